The summed E-state index contributed by atoms with van der Waals surface area (Å²) in [7, 11) is 7.70. The maximum atomic E-state index is 5.87. The lowest BCUT2D eigenvalue weighted by Gasteiger charge is -2.24. The number of hydrogen-bond acceptors (Lipinski definition) is 3. The molecule has 98 valence electrons. The molecule has 0 saturated carbocycles. The lowest BCUT2D eigenvalue weighted by Crippen LogP contribution is -2.29. The molecule has 0 atom stereocenters. The summed E-state index contributed by atoms with van der Waals surface area (Å²) in [6.07, 6.45) is 1.88. The minimum Gasteiger partial charge on any atom is -0.495 e. The minimum atomic E-state index is 0.730. The molecule has 0 saturated heterocycles. The predicted octanol–water partition coefficient (Wildman–Crippen LogP) is 2.67. The zero-order valence-electron chi connectivity index (χ0n) is 11.5. The predicted molar refractivity (Wildman–Crippen MR) is 75.0 cm³/mol. The smallest absolute Gasteiger partial charge is 0.143 e. The van der Waals surface area contributed by atoms with Gasteiger partial charge < -0.3 is 14.5 Å². The number of nitrogens with zero attached hydrogens (tertiary/aromatic N) is 2. The number of halogens is 1. The molecule has 0 heterocycles. The Hall–Kier alpha value is -0.930. The average molecular weight is 259 g/mol. The van der Waals surface area contributed by atoms with Crippen LogP contribution in [-0.2, 0) is 4.74 Å². The van der Waals surface area contributed by atoms with Crippen LogP contribution in [0.1, 0.15) is 6.92 Å². The first-order chi connectivity index (χ1) is 7.92. The monoisotopic (exact) mass is 258 g/mol. The molecular weight excluding hydrogens is 236 g/mol. The van der Waals surface area contributed by atoms with E-state index in [1.807, 2.05) is 34.1 Å². The number of methoxy groups -OCH3 is 1. The van der Waals surface area contributed by atoms with E-state index < -0.39 is 0 Å². The summed E-state index contributed by atoms with van der Waals surface area (Å²) >= 11 is 5.87. The van der Waals surface area contributed by atoms with Crippen molar-refractivity contribution in [2.45, 2.75) is 6.92 Å². The minimum absolute atomic E-state index is 0.730. The molecule has 0 aliphatic heterocycles. The third-order valence-corrected chi connectivity index (χ3v) is 2.45. The summed E-state index contributed by atoms with van der Waals surface area (Å²) in [6.45, 7) is 7.59. The SMILES string of the molecule is C=C(C)/C=C(OC)\C(=C\Cl)N(C)CCN(C)C. The zero-order chi connectivity index (χ0) is 13.4. The molecule has 0 unspecified atom stereocenters. The Kier molecular flexibility index (Phi) is 7.75. The fourth-order valence-corrected chi connectivity index (χ4v) is 1.53. The Morgan fingerprint density at radius 2 is 1.88 bits per heavy atom. The van der Waals surface area contributed by atoms with Crippen LogP contribution in [0.4, 0.5) is 0 Å². The second kappa shape index (κ2) is 8.20. The summed E-state index contributed by atoms with van der Waals surface area (Å²) in [5.74, 6) is 0.730. The average Bonchev–Trinajstić information content (AvgIpc) is 2.25. The Balaban J connectivity index is 4.76. The normalized spacial score (nSPS) is 12.9. The molecule has 0 aliphatic rings. The van der Waals surface area contributed by atoms with Gasteiger partial charge in [0.15, 0.2) is 0 Å². The number of likely N-dealkylation sites (N-methyl/N-ethyl adjacent to an activating group) is 2. The van der Waals surface area contributed by atoms with Gasteiger partial charge in [0.2, 0.25) is 0 Å². The summed E-state index contributed by atoms with van der Waals surface area (Å²) in [6, 6.07) is 0. The largest absolute Gasteiger partial charge is 0.495 e. The molecule has 0 aliphatic carbocycles. The van der Waals surface area contributed by atoms with Crippen molar-refractivity contribution < 1.29 is 4.74 Å². The van der Waals surface area contributed by atoms with E-state index in [1.54, 1.807) is 7.11 Å². The van der Waals surface area contributed by atoms with Crippen molar-refractivity contribution >= 4 is 11.6 Å². The van der Waals surface area contributed by atoms with Gasteiger partial charge in [-0.2, -0.15) is 0 Å². The topological polar surface area (TPSA) is 15.7 Å². The van der Waals surface area contributed by atoms with Gasteiger partial charge in [0.25, 0.3) is 0 Å². The molecule has 0 spiro atoms. The molecular formula is C13H23ClN2O. The van der Waals surface area contributed by atoms with Crippen molar-refractivity contribution in [3.05, 3.63) is 35.2 Å². The van der Waals surface area contributed by atoms with E-state index in [0.717, 1.165) is 30.1 Å². The van der Waals surface area contributed by atoms with Gasteiger partial charge in [-0.25, -0.2) is 0 Å². The second-order valence-corrected chi connectivity index (χ2v) is 4.50. The van der Waals surface area contributed by atoms with Crippen molar-refractivity contribution in [3.63, 3.8) is 0 Å². The molecule has 0 rings (SSSR count). The molecule has 4 heteroatoms. The zero-order valence-corrected chi connectivity index (χ0v) is 12.2. The van der Waals surface area contributed by atoms with Gasteiger partial charge in [-0.1, -0.05) is 23.8 Å². The first-order valence-corrected chi connectivity index (χ1v) is 5.93. The first-order valence-electron chi connectivity index (χ1n) is 5.50. The summed E-state index contributed by atoms with van der Waals surface area (Å²) in [4.78, 5) is 4.18. The van der Waals surface area contributed by atoms with E-state index >= 15 is 0 Å². The maximum Gasteiger partial charge on any atom is 0.143 e. The van der Waals surface area contributed by atoms with Crippen molar-refractivity contribution in [1.29, 1.82) is 0 Å². The standard InChI is InChI=1S/C13H23ClN2O/c1-11(2)9-13(17-6)12(10-14)16(5)8-7-15(3)4/h9-10H,1,7-8H2,2-6H3/b12-10-,13-9+. The van der Waals surface area contributed by atoms with Crippen LogP contribution < -0.4 is 0 Å². The van der Waals surface area contributed by atoms with Gasteiger partial charge in [-0.15, -0.1) is 0 Å². The van der Waals surface area contributed by atoms with Crippen LogP contribution >= 0.6 is 11.6 Å². The molecule has 0 N–H and O–H groups in total. The molecule has 0 radical (unpaired) electrons. The Bertz CT molecular complexity index is 309. The fourth-order valence-electron chi connectivity index (χ4n) is 1.26. The van der Waals surface area contributed by atoms with E-state index in [4.69, 9.17) is 16.3 Å². The highest BCUT2D eigenvalue weighted by Crippen LogP contribution is 2.17. The van der Waals surface area contributed by atoms with E-state index in [-0.39, 0.29) is 0 Å². The van der Waals surface area contributed by atoms with Crippen molar-refractivity contribution in [1.82, 2.24) is 9.80 Å². The van der Waals surface area contributed by atoms with Crippen molar-refractivity contribution in [2.75, 3.05) is 41.3 Å². The fraction of sp³-hybridized carbons (Fsp3) is 0.538. The lowest BCUT2D eigenvalue weighted by atomic mass is 10.2. The van der Waals surface area contributed by atoms with E-state index in [1.165, 1.54) is 5.54 Å². The third kappa shape index (κ3) is 6.39. The molecule has 0 aromatic rings. The van der Waals surface area contributed by atoms with Gasteiger partial charge in [0, 0.05) is 25.7 Å². The summed E-state index contributed by atoms with van der Waals surface area (Å²) in [5.41, 5.74) is 3.33. The lowest BCUT2D eigenvalue weighted by molar-refractivity contribution is 0.259. The van der Waals surface area contributed by atoms with Gasteiger partial charge in [0.1, 0.15) is 5.76 Å². The highest BCUT2D eigenvalue weighted by atomic mass is 35.5. The van der Waals surface area contributed by atoms with Crippen LogP contribution in [0.15, 0.2) is 35.2 Å². The molecule has 0 aromatic heterocycles. The maximum absolute atomic E-state index is 5.87. The second-order valence-electron chi connectivity index (χ2n) is 4.28. The van der Waals surface area contributed by atoms with E-state index in [9.17, 15) is 0 Å². The van der Waals surface area contributed by atoms with Crippen LogP contribution in [0.2, 0.25) is 0 Å². The number of rotatable bonds is 7. The van der Waals surface area contributed by atoms with Crippen LogP contribution in [0.5, 0.6) is 0 Å². The quantitative estimate of drug-likeness (QED) is 0.516. The van der Waals surface area contributed by atoms with Crippen LogP contribution in [-0.4, -0.2) is 51.1 Å². The van der Waals surface area contributed by atoms with Crippen molar-refractivity contribution in [3.8, 4) is 0 Å². The van der Waals surface area contributed by atoms with Gasteiger partial charge >= 0.3 is 0 Å². The van der Waals surface area contributed by atoms with Crippen LogP contribution in [0, 0.1) is 0 Å². The molecule has 17 heavy (non-hydrogen) atoms. The Labute approximate surface area is 110 Å². The third-order valence-electron chi connectivity index (χ3n) is 2.25. The van der Waals surface area contributed by atoms with Crippen LogP contribution in [0.25, 0.3) is 0 Å². The molecule has 0 aromatic carbocycles. The van der Waals surface area contributed by atoms with E-state index in [2.05, 4.69) is 16.4 Å². The van der Waals surface area contributed by atoms with E-state index in [0.29, 0.717) is 0 Å². The summed E-state index contributed by atoms with van der Waals surface area (Å²) in [5, 5.41) is 0. The van der Waals surface area contributed by atoms with Gasteiger partial charge in [-0.05, 0) is 27.1 Å². The molecule has 0 amide bonds. The number of ether oxygens (including phenoxy) is 1. The Morgan fingerprint density at radius 3 is 2.24 bits per heavy atom. The van der Waals surface area contributed by atoms with Gasteiger partial charge in [-0.3, -0.25) is 0 Å². The van der Waals surface area contributed by atoms with Gasteiger partial charge in [0.05, 0.1) is 12.8 Å². The number of allylic oxidation sites excluding steroid dienone is 2. The molecule has 3 nitrogen and oxygen atoms in total. The first kappa shape index (κ1) is 16.1. The summed E-state index contributed by atoms with van der Waals surface area (Å²) < 4.78 is 5.33. The van der Waals surface area contributed by atoms with Crippen LogP contribution in [0.3, 0.4) is 0 Å². The highest BCUT2D eigenvalue weighted by molar-refractivity contribution is 6.25. The molecule has 0 fully saturated rings. The Morgan fingerprint density at radius 1 is 1.29 bits per heavy atom. The van der Waals surface area contributed by atoms with Crippen molar-refractivity contribution in [2.24, 2.45) is 0 Å². The number of hydrogen-bond donors (Lipinski definition) is 0. The molecule has 0 bridgehead atoms. The highest BCUT2D eigenvalue weighted by Gasteiger charge is 2.10.